The molecule has 0 bridgehead atoms. The first-order valence-corrected chi connectivity index (χ1v) is 3.80. The van der Waals surface area contributed by atoms with Gasteiger partial charge in [-0.05, 0) is 31.9 Å². The molecule has 0 N–H and O–H groups in total. The minimum absolute atomic E-state index is 0.792. The lowest BCUT2D eigenvalue weighted by atomic mass is 10.2. The van der Waals surface area contributed by atoms with Gasteiger partial charge >= 0.3 is 0 Å². The van der Waals surface area contributed by atoms with Crippen molar-refractivity contribution in [3.8, 4) is 0 Å². The molecule has 1 fully saturated rings. The normalized spacial score (nSPS) is 31.3. The van der Waals surface area contributed by atoms with Gasteiger partial charge in [0.2, 0.25) is 0 Å². The van der Waals surface area contributed by atoms with Gasteiger partial charge in [-0.15, -0.1) is 0 Å². The maximum atomic E-state index is 5.41. The van der Waals surface area contributed by atoms with Crippen molar-refractivity contribution in [3.05, 3.63) is 6.92 Å². The molecule has 2 radical (unpaired) electrons. The molecule has 0 aromatic rings. The molecule has 0 saturated carbocycles. The maximum absolute atomic E-state index is 5.41. The fourth-order valence-corrected chi connectivity index (χ4v) is 1.97. The van der Waals surface area contributed by atoms with Crippen LogP contribution in [-0.4, -0.2) is 11.0 Å². The molecule has 0 aromatic carbocycles. The van der Waals surface area contributed by atoms with E-state index in [1.165, 1.54) is 18.6 Å². The Balaban J connectivity index is 2.14. The van der Waals surface area contributed by atoms with Crippen molar-refractivity contribution in [2.24, 2.45) is 0 Å². The van der Waals surface area contributed by atoms with Gasteiger partial charge in [-0.1, -0.05) is 0 Å². The summed E-state index contributed by atoms with van der Waals surface area (Å²) in [5.41, 5.74) is 0. The van der Waals surface area contributed by atoms with Gasteiger partial charge in [0.25, 0.3) is 0 Å². The Hall–Kier alpha value is 0.350. The Bertz CT molecular complexity index is 46.1. The quantitative estimate of drug-likeness (QED) is 0.502. The molecule has 1 atom stereocenters. The average molecular weight is 114 g/mol. The first-order valence-electron chi connectivity index (χ1n) is 2.75. The molecule has 1 aliphatic heterocycles. The average Bonchev–Trinajstić information content (AvgIpc) is 2.14. The molecule has 0 aliphatic carbocycles. The third-order valence-electron chi connectivity index (χ3n) is 1.29. The molecule has 1 heterocycles. The molecule has 0 nitrogen and oxygen atoms in total. The van der Waals surface area contributed by atoms with E-state index < -0.39 is 0 Å². The zero-order valence-electron chi connectivity index (χ0n) is 4.39. The number of thioether (sulfide) groups is 1. The fourth-order valence-electron chi connectivity index (χ4n) is 0.830. The van der Waals surface area contributed by atoms with Crippen molar-refractivity contribution in [2.45, 2.75) is 24.5 Å². The van der Waals surface area contributed by atoms with Crippen LogP contribution in [0.15, 0.2) is 0 Å². The molecule has 1 rings (SSSR count). The summed E-state index contributed by atoms with van der Waals surface area (Å²) in [5.74, 6) is 1.34. The zero-order valence-corrected chi connectivity index (χ0v) is 5.21. The van der Waals surface area contributed by atoms with Crippen LogP contribution in [0.2, 0.25) is 0 Å². The summed E-state index contributed by atoms with van der Waals surface area (Å²) in [6.07, 6.45) is 3.61. The third-order valence-corrected chi connectivity index (χ3v) is 2.71. The summed E-state index contributed by atoms with van der Waals surface area (Å²) in [7, 11) is 0. The molecule has 0 spiro atoms. The first kappa shape index (κ1) is 5.49. The molecular weight excluding hydrogens is 104 g/mol. The Morgan fingerprint density at radius 3 is 2.86 bits per heavy atom. The van der Waals surface area contributed by atoms with Gasteiger partial charge < -0.3 is 0 Å². The Kier molecular flexibility index (Phi) is 2.04. The minimum atomic E-state index is 0.792. The molecule has 0 aromatic heterocycles. The second-order valence-corrected chi connectivity index (χ2v) is 3.28. The van der Waals surface area contributed by atoms with Crippen molar-refractivity contribution in [1.29, 1.82) is 0 Å². The second kappa shape index (κ2) is 2.61. The van der Waals surface area contributed by atoms with Crippen LogP contribution in [0.5, 0.6) is 0 Å². The van der Waals surface area contributed by atoms with E-state index in [1.54, 1.807) is 0 Å². The molecule has 1 heteroatoms. The van der Waals surface area contributed by atoms with Crippen LogP contribution < -0.4 is 0 Å². The summed E-state index contributed by atoms with van der Waals surface area (Å²) in [6, 6.07) is 0. The summed E-state index contributed by atoms with van der Waals surface area (Å²) in [5, 5.41) is 0.792. The summed E-state index contributed by atoms with van der Waals surface area (Å²) >= 11 is 2.02. The fraction of sp³-hybridized carbons (Fsp3) is 0.833. The monoisotopic (exact) mass is 114 g/mol. The molecule has 1 saturated heterocycles. The van der Waals surface area contributed by atoms with Crippen LogP contribution in [-0.2, 0) is 0 Å². The van der Waals surface area contributed by atoms with E-state index in [-0.39, 0.29) is 0 Å². The van der Waals surface area contributed by atoms with Crippen molar-refractivity contribution < 1.29 is 0 Å². The van der Waals surface area contributed by atoms with Crippen LogP contribution >= 0.6 is 11.8 Å². The molecular formula is C6H10S. The van der Waals surface area contributed by atoms with E-state index in [2.05, 4.69) is 0 Å². The number of hydrogen-bond donors (Lipinski definition) is 0. The van der Waals surface area contributed by atoms with Gasteiger partial charge in [0.05, 0.1) is 0 Å². The summed E-state index contributed by atoms with van der Waals surface area (Å²) < 4.78 is 0. The van der Waals surface area contributed by atoms with Crippen LogP contribution in [0.25, 0.3) is 0 Å². The SMILES string of the molecule is [CH]CC1CCCS1. The maximum Gasteiger partial charge on any atom is 0.00501 e. The van der Waals surface area contributed by atoms with Gasteiger partial charge in [0.1, 0.15) is 0 Å². The summed E-state index contributed by atoms with van der Waals surface area (Å²) in [4.78, 5) is 0. The standard InChI is InChI=1S/C6H10S/c1-2-6-4-3-5-7-6/h1,6H,2-5H2. The van der Waals surface area contributed by atoms with Gasteiger partial charge in [0, 0.05) is 5.25 Å². The van der Waals surface area contributed by atoms with Crippen molar-refractivity contribution in [2.75, 3.05) is 5.75 Å². The molecule has 1 unspecified atom stereocenters. The van der Waals surface area contributed by atoms with Crippen LogP contribution in [0.1, 0.15) is 19.3 Å². The van der Waals surface area contributed by atoms with Crippen molar-refractivity contribution in [3.63, 3.8) is 0 Å². The first-order chi connectivity index (χ1) is 3.43. The van der Waals surface area contributed by atoms with Gasteiger partial charge in [-0.2, -0.15) is 11.8 Å². The highest BCUT2D eigenvalue weighted by molar-refractivity contribution is 8.00. The van der Waals surface area contributed by atoms with E-state index in [9.17, 15) is 0 Å². The topological polar surface area (TPSA) is 0 Å². The van der Waals surface area contributed by atoms with E-state index in [1.807, 2.05) is 11.8 Å². The Morgan fingerprint density at radius 2 is 2.57 bits per heavy atom. The zero-order chi connectivity index (χ0) is 5.11. The van der Waals surface area contributed by atoms with E-state index >= 15 is 0 Å². The molecule has 1 aliphatic rings. The number of hydrogen-bond acceptors (Lipinski definition) is 1. The largest absolute Gasteiger partial charge is 0.159 e. The van der Waals surface area contributed by atoms with Crippen LogP contribution in [0, 0.1) is 6.92 Å². The van der Waals surface area contributed by atoms with Crippen molar-refractivity contribution >= 4 is 11.8 Å². The Morgan fingerprint density at radius 1 is 1.71 bits per heavy atom. The highest BCUT2D eigenvalue weighted by Crippen LogP contribution is 2.27. The molecule has 40 valence electrons. The lowest BCUT2D eigenvalue weighted by Crippen LogP contribution is -1.90. The van der Waals surface area contributed by atoms with Gasteiger partial charge in [-0.25, -0.2) is 0 Å². The summed E-state index contributed by atoms with van der Waals surface area (Å²) in [6.45, 7) is 5.41. The smallest absolute Gasteiger partial charge is 0.00501 e. The lowest BCUT2D eigenvalue weighted by Gasteiger charge is -1.98. The van der Waals surface area contributed by atoms with Crippen LogP contribution in [0.4, 0.5) is 0 Å². The molecule has 7 heavy (non-hydrogen) atoms. The predicted octanol–water partition coefficient (Wildman–Crippen LogP) is 1.98. The predicted molar refractivity (Wildman–Crippen MR) is 34.4 cm³/mol. The minimum Gasteiger partial charge on any atom is -0.159 e. The highest BCUT2D eigenvalue weighted by Gasteiger charge is 2.11. The van der Waals surface area contributed by atoms with E-state index in [4.69, 9.17) is 6.92 Å². The molecule has 0 amide bonds. The number of rotatable bonds is 1. The third kappa shape index (κ3) is 1.37. The van der Waals surface area contributed by atoms with Gasteiger partial charge in [0.15, 0.2) is 0 Å². The van der Waals surface area contributed by atoms with E-state index in [0.29, 0.717) is 0 Å². The van der Waals surface area contributed by atoms with Gasteiger partial charge in [-0.3, -0.25) is 0 Å². The van der Waals surface area contributed by atoms with E-state index in [0.717, 1.165) is 11.7 Å². The Labute approximate surface area is 49.7 Å². The van der Waals surface area contributed by atoms with Crippen LogP contribution in [0.3, 0.4) is 0 Å². The lowest BCUT2D eigenvalue weighted by molar-refractivity contribution is 0.790. The second-order valence-electron chi connectivity index (χ2n) is 1.87. The highest BCUT2D eigenvalue weighted by atomic mass is 32.2. The van der Waals surface area contributed by atoms with Crippen molar-refractivity contribution in [1.82, 2.24) is 0 Å².